The molecule has 3 N–H and O–H groups in total. The van der Waals surface area contributed by atoms with Gasteiger partial charge in [-0.05, 0) is 86.5 Å². The molecule has 1 aliphatic heterocycles. The lowest BCUT2D eigenvalue weighted by Crippen LogP contribution is -2.54. The molecular formula is C27H35NO4. The Bertz CT molecular complexity index is 992. The molecule has 0 saturated heterocycles. The van der Waals surface area contributed by atoms with Crippen LogP contribution in [0.1, 0.15) is 70.8 Å². The van der Waals surface area contributed by atoms with E-state index in [0.29, 0.717) is 35.4 Å². The van der Waals surface area contributed by atoms with Crippen LogP contribution >= 0.6 is 0 Å². The van der Waals surface area contributed by atoms with Gasteiger partial charge in [0.1, 0.15) is 5.78 Å². The number of carbonyl (C=O) groups is 2. The van der Waals surface area contributed by atoms with Gasteiger partial charge in [-0.15, -0.1) is 0 Å². The molecule has 5 nitrogen and oxygen atoms in total. The molecule has 0 spiro atoms. The van der Waals surface area contributed by atoms with Crippen LogP contribution in [0.4, 0.5) is 5.69 Å². The number of Topliss-reactive ketones (excluding diaryl/α,β-unsaturated/α-hetero) is 1. The van der Waals surface area contributed by atoms with Crippen LogP contribution in [0.15, 0.2) is 24.3 Å². The van der Waals surface area contributed by atoms with Gasteiger partial charge in [0.05, 0.1) is 12.0 Å². The van der Waals surface area contributed by atoms with Gasteiger partial charge in [0, 0.05) is 16.7 Å². The number of anilines is 1. The normalized spacial score (nSPS) is 49.6. The molecular weight excluding hydrogens is 402 g/mol. The maximum atomic E-state index is 13.9. The molecule has 5 aliphatic rings. The Kier molecular flexibility index (Phi) is 4.34. The third kappa shape index (κ3) is 2.47. The standard InChI is InChI=1S/C27H35NO4/c1-25-11-9-16(29)13-15(25)7-8-17-18(25)10-12-26(2)20(17)14-21(23(26)30)27(32)19-5-3-4-6-22(19)28-24(27)31/h3-6,15-18,20-21,29,32H,7-14H2,1-2H3,(H,28,31)/t15-,16-,17-,18+,20+,21-,25+,26+,27+/m1/s1. The molecule has 0 aromatic heterocycles. The predicted molar refractivity (Wildman–Crippen MR) is 121 cm³/mol. The van der Waals surface area contributed by atoms with Gasteiger partial charge in [-0.1, -0.05) is 32.0 Å². The first-order valence-corrected chi connectivity index (χ1v) is 12.6. The summed E-state index contributed by atoms with van der Waals surface area (Å²) in [6, 6.07) is 7.25. The molecule has 1 heterocycles. The van der Waals surface area contributed by atoms with Crippen LogP contribution in [-0.4, -0.2) is 28.0 Å². The Balaban J connectivity index is 1.35. The van der Waals surface area contributed by atoms with Gasteiger partial charge in [0.25, 0.3) is 5.91 Å². The minimum Gasteiger partial charge on any atom is -0.393 e. The molecule has 0 unspecified atom stereocenters. The Morgan fingerprint density at radius 2 is 1.75 bits per heavy atom. The van der Waals surface area contributed by atoms with Crippen molar-refractivity contribution in [2.45, 2.75) is 76.9 Å². The fraction of sp³-hybridized carbons (Fsp3) is 0.704. The van der Waals surface area contributed by atoms with Crippen molar-refractivity contribution >= 4 is 17.4 Å². The van der Waals surface area contributed by atoms with Gasteiger partial charge in [-0.25, -0.2) is 0 Å². The number of carbonyl (C=O) groups excluding carboxylic acids is 2. The van der Waals surface area contributed by atoms with Crippen LogP contribution in [-0.2, 0) is 15.2 Å². The first-order chi connectivity index (χ1) is 15.2. The number of amides is 1. The summed E-state index contributed by atoms with van der Waals surface area (Å²) < 4.78 is 0. The van der Waals surface area contributed by atoms with Gasteiger partial charge in [0.15, 0.2) is 5.60 Å². The van der Waals surface area contributed by atoms with Crippen LogP contribution in [0.25, 0.3) is 0 Å². The highest BCUT2D eigenvalue weighted by Crippen LogP contribution is 2.67. The number of ketones is 1. The second-order valence-corrected chi connectivity index (χ2v) is 12.0. The van der Waals surface area contributed by atoms with Crippen LogP contribution < -0.4 is 5.32 Å². The minimum absolute atomic E-state index is 0.0849. The first kappa shape index (κ1) is 20.9. The number of hydrogen-bond donors (Lipinski definition) is 3. The van der Waals surface area contributed by atoms with E-state index in [-0.39, 0.29) is 23.2 Å². The quantitative estimate of drug-likeness (QED) is 0.619. The van der Waals surface area contributed by atoms with Crippen LogP contribution in [0.5, 0.6) is 0 Å². The summed E-state index contributed by atoms with van der Waals surface area (Å²) in [5.41, 5.74) is -0.812. The van der Waals surface area contributed by atoms with E-state index in [0.717, 1.165) is 44.9 Å². The average molecular weight is 438 g/mol. The summed E-state index contributed by atoms with van der Waals surface area (Å²) in [6.45, 7) is 4.54. The van der Waals surface area contributed by atoms with Gasteiger partial charge in [-0.3, -0.25) is 9.59 Å². The second kappa shape index (κ2) is 6.66. The van der Waals surface area contributed by atoms with Crippen LogP contribution in [0.3, 0.4) is 0 Å². The number of rotatable bonds is 1. The zero-order valence-corrected chi connectivity index (χ0v) is 19.1. The Morgan fingerprint density at radius 3 is 2.56 bits per heavy atom. The topological polar surface area (TPSA) is 86.6 Å². The molecule has 6 rings (SSSR count). The van der Waals surface area contributed by atoms with Crippen LogP contribution in [0.2, 0.25) is 0 Å². The molecule has 0 radical (unpaired) electrons. The Labute approximate surface area is 190 Å². The molecule has 4 aliphatic carbocycles. The van der Waals surface area contributed by atoms with E-state index in [1.165, 1.54) is 0 Å². The molecule has 172 valence electrons. The van der Waals surface area contributed by atoms with Crippen molar-refractivity contribution in [2.24, 2.45) is 40.4 Å². The third-order valence-electron chi connectivity index (χ3n) is 10.8. The largest absolute Gasteiger partial charge is 0.393 e. The lowest BCUT2D eigenvalue weighted by atomic mass is 9.45. The molecule has 1 aromatic carbocycles. The molecule has 0 bridgehead atoms. The van der Waals surface area contributed by atoms with Gasteiger partial charge < -0.3 is 15.5 Å². The van der Waals surface area contributed by atoms with E-state index >= 15 is 0 Å². The summed E-state index contributed by atoms with van der Waals surface area (Å²) in [4.78, 5) is 26.9. The van der Waals surface area contributed by atoms with E-state index in [1.807, 2.05) is 12.1 Å². The fourth-order valence-electron chi connectivity index (χ4n) is 9.03. The maximum absolute atomic E-state index is 13.9. The minimum atomic E-state index is -1.76. The highest BCUT2D eigenvalue weighted by Gasteiger charge is 2.67. The number of aliphatic hydroxyl groups excluding tert-OH is 1. The molecule has 1 aromatic rings. The summed E-state index contributed by atoms with van der Waals surface area (Å²) in [7, 11) is 0. The monoisotopic (exact) mass is 437 g/mol. The van der Waals surface area contributed by atoms with E-state index in [9.17, 15) is 19.8 Å². The highest BCUT2D eigenvalue weighted by molar-refractivity contribution is 6.09. The maximum Gasteiger partial charge on any atom is 0.261 e. The lowest BCUT2D eigenvalue weighted by molar-refractivity contribution is -0.151. The Morgan fingerprint density at radius 1 is 0.969 bits per heavy atom. The fourth-order valence-corrected chi connectivity index (χ4v) is 9.03. The number of para-hydroxylation sites is 1. The highest BCUT2D eigenvalue weighted by atomic mass is 16.3. The average Bonchev–Trinajstić information content (AvgIpc) is 3.20. The number of fused-ring (bicyclic) bond motifs is 6. The second-order valence-electron chi connectivity index (χ2n) is 12.0. The summed E-state index contributed by atoms with van der Waals surface area (Å²) in [5.74, 6) is 0.766. The van der Waals surface area contributed by atoms with Crippen molar-refractivity contribution in [3.05, 3.63) is 29.8 Å². The third-order valence-corrected chi connectivity index (χ3v) is 10.8. The molecule has 9 atom stereocenters. The van der Waals surface area contributed by atoms with E-state index < -0.39 is 22.8 Å². The molecule has 1 amide bonds. The Hall–Kier alpha value is -1.72. The smallest absolute Gasteiger partial charge is 0.261 e. The number of hydrogen-bond acceptors (Lipinski definition) is 4. The van der Waals surface area contributed by atoms with Gasteiger partial charge >= 0.3 is 0 Å². The van der Waals surface area contributed by atoms with Crippen molar-refractivity contribution in [1.82, 2.24) is 0 Å². The van der Waals surface area contributed by atoms with E-state index in [2.05, 4.69) is 19.2 Å². The summed E-state index contributed by atoms with van der Waals surface area (Å²) in [6.07, 6.45) is 7.41. The zero-order chi connectivity index (χ0) is 22.5. The summed E-state index contributed by atoms with van der Waals surface area (Å²) in [5, 5.41) is 24.8. The van der Waals surface area contributed by atoms with Crippen molar-refractivity contribution in [3.63, 3.8) is 0 Å². The van der Waals surface area contributed by atoms with Crippen molar-refractivity contribution in [1.29, 1.82) is 0 Å². The molecule has 32 heavy (non-hydrogen) atoms. The van der Waals surface area contributed by atoms with Crippen molar-refractivity contribution in [3.8, 4) is 0 Å². The zero-order valence-electron chi connectivity index (χ0n) is 19.1. The van der Waals surface area contributed by atoms with Crippen molar-refractivity contribution < 1.29 is 19.8 Å². The molecule has 4 saturated carbocycles. The molecule has 5 heteroatoms. The first-order valence-electron chi connectivity index (χ1n) is 12.6. The molecule has 4 fully saturated rings. The lowest BCUT2D eigenvalue weighted by Gasteiger charge is -2.60. The number of nitrogens with one attached hydrogen (secondary N) is 1. The van der Waals surface area contributed by atoms with Gasteiger partial charge in [0.2, 0.25) is 0 Å². The van der Waals surface area contributed by atoms with E-state index in [4.69, 9.17) is 0 Å². The summed E-state index contributed by atoms with van der Waals surface area (Å²) >= 11 is 0. The van der Waals surface area contributed by atoms with Crippen LogP contribution in [0, 0.1) is 40.4 Å². The SMILES string of the molecule is C[C@]12CC[C@@H](O)C[C@H]1CC[C@@H]1[C@@H]2CC[C@]2(C)C(=O)[C@H]([C@]3(O)C(=O)Nc4ccccc43)C[C@@H]12. The van der Waals surface area contributed by atoms with E-state index in [1.54, 1.807) is 12.1 Å². The number of aliphatic hydroxyl groups is 2. The van der Waals surface area contributed by atoms with Crippen molar-refractivity contribution in [2.75, 3.05) is 5.32 Å². The van der Waals surface area contributed by atoms with Gasteiger partial charge in [-0.2, -0.15) is 0 Å². The predicted octanol–water partition coefficient (Wildman–Crippen LogP) is 4.03. The number of benzene rings is 1.